The third kappa shape index (κ3) is 725. The van der Waals surface area contributed by atoms with Gasteiger partial charge in [0.2, 0.25) is 0 Å². The number of carboxylic acid groups (broad SMARTS) is 3. The number of hydrogen-bond acceptors (Lipinski definition) is 14. The van der Waals surface area contributed by atoms with E-state index in [1.165, 1.54) is 0 Å². The molecule has 840 valence electrons. The van der Waals surface area contributed by atoms with Gasteiger partial charge in [-0.15, -0.1) is 5.06 Å². The van der Waals surface area contributed by atoms with E-state index in [4.69, 9.17) is 31.9 Å². The minimum Gasteiger partial charge on any atom is -0.481 e. The van der Waals surface area contributed by atoms with Crippen molar-refractivity contribution in [1.29, 1.82) is 0 Å². The molecule has 0 aromatic rings. The number of nitrogens with two attached hydrogens (primary N) is 2. The van der Waals surface area contributed by atoms with Gasteiger partial charge in [-0.2, -0.15) is 36.2 Å². The molecule has 1 aliphatic rings. The van der Waals surface area contributed by atoms with Crippen LogP contribution in [0.4, 0.5) is 0 Å². The van der Waals surface area contributed by atoms with Crippen molar-refractivity contribution >= 4 is 77.6 Å². The zero-order chi connectivity index (χ0) is 117. The van der Waals surface area contributed by atoms with Crippen molar-refractivity contribution in [2.45, 2.75) is 657 Å². The van der Waals surface area contributed by atoms with Crippen LogP contribution < -0.4 is 11.5 Å². The fraction of sp³-hybridized carbons (Fsp3) is 0.936. The summed E-state index contributed by atoms with van der Waals surface area (Å²) in [5, 5.41) is 33.9. The lowest BCUT2D eigenvalue weighted by atomic mass is 10.0. The number of thioether (sulfide) groups is 2. The Kier molecular flexibility index (Phi) is 1660. The third-order valence-corrected chi connectivity index (χ3v) is 8.73. The highest BCUT2D eigenvalue weighted by atomic mass is 32.2. The van der Waals surface area contributed by atoms with Crippen molar-refractivity contribution in [2.75, 3.05) is 35.4 Å². The first-order valence-corrected chi connectivity index (χ1v) is 58.6. The van der Waals surface area contributed by atoms with Gasteiger partial charge in [-0.1, -0.05) is 594 Å². The number of thiol groups is 1. The monoisotopic (exact) mass is 1950 g/mol. The first-order valence-electron chi connectivity index (χ1n) is 55.7. The second kappa shape index (κ2) is 743. The van der Waals surface area contributed by atoms with Crippen LogP contribution in [0.1, 0.15) is 645 Å². The highest BCUT2D eigenvalue weighted by Gasteiger charge is 2.32. The molecule has 1 saturated heterocycles. The number of carbonyl (C=O) groups excluding carboxylic acids is 4. The summed E-state index contributed by atoms with van der Waals surface area (Å²) in [4.78, 5) is 78.9. The number of hydroxylamine groups is 2. The van der Waals surface area contributed by atoms with E-state index in [0.29, 0.717) is 29.6 Å². The lowest BCUT2D eigenvalue weighted by molar-refractivity contribution is -0.197. The quantitative estimate of drug-likeness (QED) is 0.0320. The van der Waals surface area contributed by atoms with E-state index in [2.05, 4.69) is 38.2 Å². The molecule has 1 aliphatic heterocycles. The molecule has 0 saturated carbocycles. The molecular formula is C110H295N3O12S3. The van der Waals surface area contributed by atoms with Gasteiger partial charge >= 0.3 is 23.9 Å². The summed E-state index contributed by atoms with van der Waals surface area (Å²) in [6.45, 7) is 166. The molecule has 128 heavy (non-hydrogen) atoms. The minimum absolute atomic E-state index is 0.0403. The first kappa shape index (κ1) is 286. The SMILES string of the molecule is CC.CC.CC.CC.CC.CC.CC.CC.CC.CC.CC.CC.CC.CC.CC.CC.CC.CC.CC.CC.CC.CC.CC.CC.CC.CC.CC.CC.CC.CC.CC.CC.CC.CC.CC.CC.CC.CC.CC.CCC(=O)ON1C(=O)CCC1=O.CCCCO.CCCCSCC(CC(=O)CC)C(=O)O.CCCCSCC(N)C(=O)O.NC(CS)C(=O)O. The standard InChI is InChI=1S/C11H20O3S.C7H9NO4.C7H15NO2S.C4H10O.C3H7NO2S.39C2H6/c1-3-5-6-15-8-9(11(13)14)7-10(12)4-2;1-2-7(11)12-8-5(9)3-4-6(8)10;1-2-3-4-11-5-6(8)7(9)10;1-2-3-4-5;4-2(1-7)3(5)6;39*1-2/h9H,3-8H2,1-2H3,(H,13,14);2-4H2,1H3;6H,2-5,8H2,1H3,(H,9,10);5H,2-4H2,1H3;2,7H,1,4H2,(H,5,6);39*1-2H3. The first-order chi connectivity index (χ1) is 62.5. The number of hydrogen-bond donors (Lipinski definition) is 7. The zero-order valence-corrected chi connectivity index (χ0v) is 111. The highest BCUT2D eigenvalue weighted by Crippen LogP contribution is 2.16. The number of carboxylic acids is 3. The summed E-state index contributed by atoms with van der Waals surface area (Å²) >= 11 is 6.89. The van der Waals surface area contributed by atoms with Crippen molar-refractivity contribution in [1.82, 2.24) is 5.06 Å². The number of unbranched alkanes of at least 4 members (excludes halogenated alkanes) is 3. The number of aliphatic hydroxyl groups is 1. The Balaban J connectivity index is -0.0000000146. The maximum Gasteiger partial charge on any atom is 0.332 e. The number of Topliss-reactive ketones (excluding diaryl/α,β-unsaturated/α-hetero) is 1. The maximum absolute atomic E-state index is 11.1. The highest BCUT2D eigenvalue weighted by molar-refractivity contribution is 7.99. The molecule has 18 heteroatoms. The minimum atomic E-state index is -1.00. The second-order valence-corrected chi connectivity index (χ2v) is 13.2. The van der Waals surface area contributed by atoms with Crippen molar-refractivity contribution in [3.05, 3.63) is 0 Å². The molecule has 0 bridgehead atoms. The van der Waals surface area contributed by atoms with Gasteiger partial charge in [-0.25, -0.2) is 4.79 Å². The van der Waals surface area contributed by atoms with Crippen LogP contribution in [0.25, 0.3) is 0 Å². The van der Waals surface area contributed by atoms with E-state index in [-0.39, 0.29) is 37.2 Å². The molecule has 1 heterocycles. The second-order valence-electron chi connectivity index (χ2n) is 10.5. The summed E-state index contributed by atoms with van der Waals surface area (Å²) in [7, 11) is 0. The number of aliphatic carboxylic acids is 3. The van der Waals surface area contributed by atoms with E-state index in [9.17, 15) is 33.6 Å². The van der Waals surface area contributed by atoms with Crippen LogP contribution >= 0.6 is 36.2 Å². The van der Waals surface area contributed by atoms with Crippen molar-refractivity contribution in [3.63, 3.8) is 0 Å². The molecule has 8 N–H and O–H groups in total. The number of imide groups is 1. The maximum atomic E-state index is 11.1. The summed E-state index contributed by atoms with van der Waals surface area (Å²) in [6.07, 6.45) is 7.59. The Morgan fingerprint density at radius 1 is 0.305 bits per heavy atom. The lowest BCUT2D eigenvalue weighted by Crippen LogP contribution is -2.32. The number of amides is 2. The largest absolute Gasteiger partial charge is 0.481 e. The van der Waals surface area contributed by atoms with Gasteiger partial charge in [0.25, 0.3) is 11.8 Å². The molecule has 3 atom stereocenters. The predicted octanol–water partition coefficient (Wildman–Crippen LogP) is 43.7. The number of ketones is 1. The molecule has 0 aromatic carbocycles. The number of aliphatic hydroxyl groups excluding tert-OH is 1. The van der Waals surface area contributed by atoms with Crippen LogP contribution in [0.15, 0.2) is 0 Å². The smallest absolute Gasteiger partial charge is 0.332 e. The molecule has 0 aromatic heterocycles. The van der Waals surface area contributed by atoms with E-state index in [1.807, 2.05) is 540 Å². The zero-order valence-electron chi connectivity index (χ0n) is 108. The summed E-state index contributed by atoms with van der Waals surface area (Å²) in [6, 6.07) is -1.51. The summed E-state index contributed by atoms with van der Waals surface area (Å²) in [5.41, 5.74) is 10.2. The fourth-order valence-electron chi connectivity index (χ4n) is 2.70. The van der Waals surface area contributed by atoms with Gasteiger partial charge in [0, 0.05) is 56.0 Å². The average molecular weight is 1950 g/mol. The predicted molar refractivity (Wildman–Crippen MR) is 643 cm³/mol. The third-order valence-electron chi connectivity index (χ3n) is 5.95. The normalized spacial score (nSPS) is 7.04. The number of carbonyl (C=O) groups is 7. The lowest BCUT2D eigenvalue weighted by Gasteiger charge is -2.10. The van der Waals surface area contributed by atoms with E-state index < -0.39 is 53.7 Å². The van der Waals surface area contributed by atoms with Gasteiger partial charge in [0.15, 0.2) is 0 Å². The Hall–Kier alpha value is -2.38. The summed E-state index contributed by atoms with van der Waals surface area (Å²) in [5.74, 6) is -1.41. The number of nitrogens with zero attached hydrogens (tertiary/aromatic N) is 1. The van der Waals surface area contributed by atoms with Crippen molar-refractivity contribution in [2.24, 2.45) is 17.4 Å². The molecule has 0 radical (unpaired) electrons. The molecular weight excluding hydrogens is 1650 g/mol. The topological polar surface area (TPSA) is 265 Å². The fourth-order valence-corrected chi connectivity index (χ4v) is 5.11. The van der Waals surface area contributed by atoms with Gasteiger partial charge in [-0.05, 0) is 30.8 Å². The van der Waals surface area contributed by atoms with Crippen LogP contribution in [0.3, 0.4) is 0 Å². The van der Waals surface area contributed by atoms with Crippen molar-refractivity contribution in [3.8, 4) is 0 Å². The summed E-state index contributed by atoms with van der Waals surface area (Å²) < 4.78 is 0. The molecule has 1 rings (SSSR count). The van der Waals surface area contributed by atoms with Crippen molar-refractivity contribution < 1.29 is 58.8 Å². The molecule has 3 unspecified atom stereocenters. The van der Waals surface area contributed by atoms with Crippen LogP contribution in [0.5, 0.6) is 0 Å². The van der Waals surface area contributed by atoms with Gasteiger partial charge < -0.3 is 36.7 Å². The van der Waals surface area contributed by atoms with Gasteiger partial charge in [-0.3, -0.25) is 28.8 Å². The van der Waals surface area contributed by atoms with E-state index in [0.717, 1.165) is 50.0 Å². The Bertz CT molecular complexity index is 971. The Morgan fingerprint density at radius 2 is 0.484 bits per heavy atom. The van der Waals surface area contributed by atoms with Gasteiger partial charge in [0.1, 0.15) is 17.9 Å². The molecule has 1 fully saturated rings. The van der Waals surface area contributed by atoms with Crippen LogP contribution in [-0.4, -0.2) is 114 Å². The molecule has 0 spiro atoms. The molecule has 15 nitrogen and oxygen atoms in total. The molecule has 0 aliphatic carbocycles. The Labute approximate surface area is 846 Å². The van der Waals surface area contributed by atoms with E-state index in [1.54, 1.807) is 37.4 Å². The average Bonchev–Trinajstić information content (AvgIpc) is 1.74. The van der Waals surface area contributed by atoms with E-state index >= 15 is 0 Å². The van der Waals surface area contributed by atoms with Gasteiger partial charge in [0.05, 0.1) is 5.92 Å². The Morgan fingerprint density at radius 3 is 0.602 bits per heavy atom. The van der Waals surface area contributed by atoms with Crippen LogP contribution in [0, 0.1) is 5.92 Å². The number of rotatable bonds is 21. The molecule has 2 amide bonds. The van der Waals surface area contributed by atoms with Crippen LogP contribution in [0.2, 0.25) is 0 Å². The van der Waals surface area contributed by atoms with Crippen LogP contribution in [-0.2, 0) is 38.4 Å².